The van der Waals surface area contributed by atoms with Crippen LogP contribution in [0.4, 0.5) is 0 Å². The number of aryl methyl sites for hydroxylation is 1. The summed E-state index contributed by atoms with van der Waals surface area (Å²) in [5.41, 5.74) is 1.09. The average molecular weight is 423 g/mol. The lowest BCUT2D eigenvalue weighted by Crippen LogP contribution is -2.53. The summed E-state index contributed by atoms with van der Waals surface area (Å²) in [6, 6.07) is 9.02. The smallest absolute Gasteiger partial charge is 0.289 e. The van der Waals surface area contributed by atoms with Crippen molar-refractivity contribution in [3.63, 3.8) is 0 Å². The highest BCUT2D eigenvalue weighted by molar-refractivity contribution is 6.35. The third kappa shape index (κ3) is 5.20. The van der Waals surface area contributed by atoms with Gasteiger partial charge in [0.25, 0.3) is 5.91 Å². The van der Waals surface area contributed by atoms with Gasteiger partial charge >= 0.3 is 0 Å². The van der Waals surface area contributed by atoms with Crippen molar-refractivity contribution >= 4 is 35.1 Å². The number of furan rings is 1. The molecule has 8 heteroatoms. The molecule has 1 aliphatic heterocycles. The van der Waals surface area contributed by atoms with Gasteiger partial charge in [0.05, 0.1) is 6.26 Å². The van der Waals surface area contributed by atoms with Crippen molar-refractivity contribution in [3.05, 3.63) is 58.0 Å². The minimum atomic E-state index is -0.0626. The predicted molar refractivity (Wildman–Crippen MR) is 112 cm³/mol. The molecule has 3 rings (SSSR count). The number of aliphatic imine (C=N–C) groups is 1. The van der Waals surface area contributed by atoms with Crippen molar-refractivity contribution < 1.29 is 9.21 Å². The van der Waals surface area contributed by atoms with E-state index in [9.17, 15) is 4.79 Å². The van der Waals surface area contributed by atoms with Gasteiger partial charge in [-0.2, -0.15) is 0 Å². The molecule has 0 radical (unpaired) electrons. The van der Waals surface area contributed by atoms with Crippen LogP contribution in [0, 0.1) is 0 Å². The first kappa shape index (κ1) is 20.6. The standard InChI is InChI=1S/C20H24Cl2N4O2/c1-23-20(24-8-2-4-15-6-7-16(21)14-17(15)22)26-11-9-25(10-12-26)19(27)18-5-3-13-28-18/h3,5-7,13-14H,2,4,8-12H2,1H3,(H,23,24). The number of halogens is 2. The summed E-state index contributed by atoms with van der Waals surface area (Å²) in [5, 5.41) is 4.75. The molecule has 2 heterocycles. The normalized spacial score (nSPS) is 15.0. The second kappa shape index (κ2) is 9.85. The van der Waals surface area contributed by atoms with Crippen LogP contribution in [-0.2, 0) is 6.42 Å². The fraction of sp³-hybridized carbons (Fsp3) is 0.400. The Labute approximate surface area is 175 Å². The molecule has 0 aliphatic carbocycles. The molecular weight excluding hydrogens is 399 g/mol. The van der Waals surface area contributed by atoms with Crippen LogP contribution in [0.15, 0.2) is 46.0 Å². The summed E-state index contributed by atoms with van der Waals surface area (Å²) >= 11 is 12.2. The molecule has 150 valence electrons. The molecule has 0 spiro atoms. The van der Waals surface area contributed by atoms with Gasteiger partial charge < -0.3 is 19.5 Å². The molecule has 1 fully saturated rings. The number of carbonyl (C=O) groups is 1. The number of carbonyl (C=O) groups excluding carboxylic acids is 1. The molecule has 2 aromatic rings. The molecule has 1 aliphatic rings. The van der Waals surface area contributed by atoms with E-state index in [1.165, 1.54) is 6.26 Å². The molecule has 1 aromatic carbocycles. The number of hydrogen-bond donors (Lipinski definition) is 1. The third-order valence-corrected chi connectivity index (χ3v) is 5.32. The summed E-state index contributed by atoms with van der Waals surface area (Å²) in [5.74, 6) is 1.18. The molecule has 1 aromatic heterocycles. The van der Waals surface area contributed by atoms with Crippen LogP contribution in [0.5, 0.6) is 0 Å². The molecule has 1 N–H and O–H groups in total. The molecule has 1 amide bonds. The van der Waals surface area contributed by atoms with E-state index < -0.39 is 0 Å². The van der Waals surface area contributed by atoms with Gasteiger partial charge in [0.2, 0.25) is 0 Å². The van der Waals surface area contributed by atoms with Crippen LogP contribution in [-0.4, -0.2) is 61.4 Å². The lowest BCUT2D eigenvalue weighted by molar-refractivity contribution is 0.0658. The van der Waals surface area contributed by atoms with E-state index in [1.807, 2.05) is 17.0 Å². The van der Waals surface area contributed by atoms with Crippen LogP contribution < -0.4 is 5.32 Å². The molecule has 28 heavy (non-hydrogen) atoms. The maximum atomic E-state index is 12.3. The fourth-order valence-corrected chi connectivity index (χ4v) is 3.72. The Morgan fingerprint density at radius 3 is 2.57 bits per heavy atom. The summed E-state index contributed by atoms with van der Waals surface area (Å²) in [4.78, 5) is 20.7. The van der Waals surface area contributed by atoms with Gasteiger partial charge in [0, 0.05) is 49.8 Å². The number of nitrogens with zero attached hydrogens (tertiary/aromatic N) is 3. The largest absolute Gasteiger partial charge is 0.459 e. The van der Waals surface area contributed by atoms with Crippen LogP contribution in [0.25, 0.3) is 0 Å². The Morgan fingerprint density at radius 2 is 1.93 bits per heavy atom. The Balaban J connectivity index is 1.43. The van der Waals surface area contributed by atoms with Crippen LogP contribution in [0.3, 0.4) is 0 Å². The van der Waals surface area contributed by atoms with Crippen LogP contribution >= 0.6 is 23.2 Å². The molecule has 0 atom stereocenters. The van der Waals surface area contributed by atoms with Crippen LogP contribution in [0.2, 0.25) is 10.0 Å². The third-order valence-electron chi connectivity index (χ3n) is 4.73. The Hall–Kier alpha value is -2.18. The van der Waals surface area contributed by atoms with Crippen molar-refractivity contribution in [2.75, 3.05) is 39.8 Å². The molecule has 6 nitrogen and oxygen atoms in total. The van der Waals surface area contributed by atoms with Gasteiger partial charge in [0.1, 0.15) is 0 Å². The Bertz CT molecular complexity index is 816. The second-order valence-corrected chi connectivity index (χ2v) is 7.41. The minimum absolute atomic E-state index is 0.0626. The van der Waals surface area contributed by atoms with Crippen molar-refractivity contribution in [3.8, 4) is 0 Å². The second-order valence-electron chi connectivity index (χ2n) is 6.57. The lowest BCUT2D eigenvalue weighted by atomic mass is 10.1. The van der Waals surface area contributed by atoms with Crippen molar-refractivity contribution in [2.45, 2.75) is 12.8 Å². The number of amides is 1. The van der Waals surface area contributed by atoms with E-state index in [1.54, 1.807) is 25.2 Å². The highest BCUT2D eigenvalue weighted by Gasteiger charge is 2.25. The monoisotopic (exact) mass is 422 g/mol. The van der Waals surface area contributed by atoms with Gasteiger partial charge in [-0.15, -0.1) is 0 Å². The van der Waals surface area contributed by atoms with Crippen molar-refractivity contribution in [1.82, 2.24) is 15.1 Å². The van der Waals surface area contributed by atoms with Gasteiger partial charge in [0.15, 0.2) is 11.7 Å². The van der Waals surface area contributed by atoms with E-state index in [4.69, 9.17) is 27.6 Å². The van der Waals surface area contributed by atoms with E-state index in [-0.39, 0.29) is 5.91 Å². The number of hydrogen-bond acceptors (Lipinski definition) is 3. The van der Waals surface area contributed by atoms with Gasteiger partial charge in [-0.25, -0.2) is 0 Å². The average Bonchev–Trinajstić information content (AvgIpc) is 3.24. The zero-order valence-corrected chi connectivity index (χ0v) is 17.3. The maximum Gasteiger partial charge on any atom is 0.289 e. The maximum absolute atomic E-state index is 12.3. The number of guanidine groups is 1. The zero-order valence-electron chi connectivity index (χ0n) is 15.8. The van der Waals surface area contributed by atoms with Gasteiger partial charge in [-0.05, 0) is 42.7 Å². The zero-order chi connectivity index (χ0) is 19.9. The molecule has 0 unspecified atom stereocenters. The highest BCUT2D eigenvalue weighted by Crippen LogP contribution is 2.21. The minimum Gasteiger partial charge on any atom is -0.459 e. The molecule has 0 saturated carbocycles. The number of piperazine rings is 1. The number of benzene rings is 1. The van der Waals surface area contributed by atoms with Gasteiger partial charge in [-0.1, -0.05) is 29.3 Å². The first-order valence-corrected chi connectivity index (χ1v) is 10.1. The first-order valence-electron chi connectivity index (χ1n) is 9.31. The van der Waals surface area contributed by atoms with Crippen molar-refractivity contribution in [1.29, 1.82) is 0 Å². The van der Waals surface area contributed by atoms with Gasteiger partial charge in [-0.3, -0.25) is 9.79 Å². The molecule has 1 saturated heterocycles. The number of nitrogens with one attached hydrogen (secondary N) is 1. The van der Waals surface area contributed by atoms with E-state index in [0.29, 0.717) is 28.9 Å². The highest BCUT2D eigenvalue weighted by atomic mass is 35.5. The van der Waals surface area contributed by atoms with E-state index in [0.717, 1.165) is 44.0 Å². The van der Waals surface area contributed by atoms with E-state index >= 15 is 0 Å². The summed E-state index contributed by atoms with van der Waals surface area (Å²) in [7, 11) is 1.78. The topological polar surface area (TPSA) is 61.1 Å². The lowest BCUT2D eigenvalue weighted by Gasteiger charge is -2.36. The fourth-order valence-electron chi connectivity index (χ4n) is 3.21. The molecular formula is C20H24Cl2N4O2. The summed E-state index contributed by atoms with van der Waals surface area (Å²) in [6.07, 6.45) is 3.31. The quantitative estimate of drug-likeness (QED) is 0.454. The first-order chi connectivity index (χ1) is 13.6. The Morgan fingerprint density at radius 1 is 1.18 bits per heavy atom. The van der Waals surface area contributed by atoms with Crippen molar-refractivity contribution in [2.24, 2.45) is 4.99 Å². The molecule has 0 bridgehead atoms. The Kier molecular flexibility index (Phi) is 7.23. The van der Waals surface area contributed by atoms with Crippen LogP contribution in [0.1, 0.15) is 22.5 Å². The van der Waals surface area contributed by atoms with E-state index in [2.05, 4.69) is 15.2 Å². The number of rotatable bonds is 5. The predicted octanol–water partition coefficient (Wildman–Crippen LogP) is 3.55. The summed E-state index contributed by atoms with van der Waals surface area (Å²) < 4.78 is 5.20. The SMILES string of the molecule is CN=C(NCCCc1ccc(Cl)cc1Cl)N1CCN(C(=O)c2ccco2)CC1. The summed E-state index contributed by atoms with van der Waals surface area (Å²) in [6.45, 7) is 3.53.